The third-order valence-corrected chi connectivity index (χ3v) is 2.26. The van der Waals surface area contributed by atoms with E-state index < -0.39 is 23.5 Å². The maximum atomic E-state index is 11.1. The van der Waals surface area contributed by atoms with Crippen molar-refractivity contribution in [3.63, 3.8) is 0 Å². The summed E-state index contributed by atoms with van der Waals surface area (Å²) in [5.41, 5.74) is 0.617. The molecule has 0 heterocycles. The fraction of sp³-hybridized carbons (Fsp3) is 0.300. The lowest BCUT2D eigenvalue weighted by atomic mass is 10.2. The van der Waals surface area contributed by atoms with Gasteiger partial charge in [-0.05, 0) is 0 Å². The van der Waals surface area contributed by atoms with E-state index in [2.05, 4.69) is 4.72 Å². The Morgan fingerprint density at radius 3 is 2.62 bits per heavy atom. The molecule has 0 amide bonds. The quantitative estimate of drug-likeness (QED) is 0.465. The van der Waals surface area contributed by atoms with Crippen molar-refractivity contribution in [1.29, 1.82) is 0 Å². The van der Waals surface area contributed by atoms with Crippen molar-refractivity contribution in [3.8, 4) is 0 Å². The van der Waals surface area contributed by atoms with Gasteiger partial charge < -0.3 is 4.74 Å². The maximum Gasteiger partial charge on any atom is 0.307 e. The number of carbonyl (C=O) groups excluding carboxylic acids is 1. The zero-order valence-electron chi connectivity index (χ0n) is 8.75. The van der Waals surface area contributed by atoms with Crippen molar-refractivity contribution < 1.29 is 18.3 Å². The molecule has 0 bridgehead atoms. The van der Waals surface area contributed by atoms with E-state index in [1.54, 1.807) is 37.3 Å². The first-order chi connectivity index (χ1) is 7.63. The summed E-state index contributed by atoms with van der Waals surface area (Å²) >= 11 is -2.24. The van der Waals surface area contributed by atoms with Crippen LogP contribution in [0.3, 0.4) is 0 Å². The maximum absolute atomic E-state index is 11.1. The van der Waals surface area contributed by atoms with Crippen LogP contribution in [0.5, 0.6) is 0 Å². The molecular formula is C10H13NO4S. The average Bonchev–Trinajstić information content (AvgIpc) is 2.28. The van der Waals surface area contributed by atoms with Crippen LogP contribution in [-0.2, 0) is 20.8 Å². The minimum absolute atomic E-state index is 0.211. The third kappa shape index (κ3) is 4.09. The Kier molecular flexibility index (Phi) is 5.10. The molecule has 2 unspecified atom stereocenters. The lowest BCUT2D eigenvalue weighted by Gasteiger charge is -2.16. The molecule has 0 fully saturated rings. The van der Waals surface area contributed by atoms with Crippen molar-refractivity contribution in [2.45, 2.75) is 19.6 Å². The van der Waals surface area contributed by atoms with Crippen LogP contribution in [0.1, 0.15) is 25.1 Å². The Hall–Kier alpha value is -1.24. The molecule has 16 heavy (non-hydrogen) atoms. The van der Waals surface area contributed by atoms with E-state index in [9.17, 15) is 9.00 Å². The molecule has 1 rings (SSSR count). The van der Waals surface area contributed by atoms with Crippen LogP contribution in [0.2, 0.25) is 0 Å². The Labute approximate surface area is 96.2 Å². The molecule has 0 aliphatic carbocycles. The second-order valence-corrected chi connectivity index (χ2v) is 3.74. The number of carbonyl (C=O) groups is 1. The van der Waals surface area contributed by atoms with Crippen molar-refractivity contribution in [2.75, 3.05) is 0 Å². The highest BCUT2D eigenvalue weighted by atomic mass is 32.2. The normalized spacial score (nSPS) is 14.1. The molecule has 6 heteroatoms. The van der Waals surface area contributed by atoms with Gasteiger partial charge in [-0.15, -0.1) is 0 Å². The van der Waals surface area contributed by atoms with Crippen LogP contribution in [0.15, 0.2) is 30.3 Å². The third-order valence-electron chi connectivity index (χ3n) is 1.85. The van der Waals surface area contributed by atoms with Crippen molar-refractivity contribution in [3.05, 3.63) is 35.9 Å². The molecule has 0 aliphatic heterocycles. The Balaban J connectivity index is 2.79. The van der Waals surface area contributed by atoms with Gasteiger partial charge in [0.2, 0.25) is 11.3 Å². The van der Waals surface area contributed by atoms with E-state index in [1.807, 2.05) is 0 Å². The summed E-state index contributed by atoms with van der Waals surface area (Å²) in [5, 5.41) is 0. The molecule has 5 nitrogen and oxygen atoms in total. The monoisotopic (exact) mass is 243 g/mol. The first kappa shape index (κ1) is 12.8. The van der Waals surface area contributed by atoms with Crippen molar-refractivity contribution in [1.82, 2.24) is 4.72 Å². The van der Waals surface area contributed by atoms with E-state index in [4.69, 9.17) is 9.29 Å². The predicted octanol–water partition coefficient (Wildman–Crippen LogP) is 1.36. The van der Waals surface area contributed by atoms with Gasteiger partial charge in [0, 0.05) is 12.0 Å². The number of nitrogens with one attached hydrogen (secondary N) is 1. The average molecular weight is 243 g/mol. The topological polar surface area (TPSA) is 75.6 Å². The molecule has 0 aromatic heterocycles. The number of esters is 1. The predicted molar refractivity (Wildman–Crippen MR) is 59.5 cm³/mol. The van der Waals surface area contributed by atoms with Gasteiger partial charge in [-0.25, -0.2) is 4.21 Å². The highest BCUT2D eigenvalue weighted by Gasteiger charge is 2.16. The molecule has 0 saturated heterocycles. The lowest BCUT2D eigenvalue weighted by Crippen LogP contribution is -2.27. The van der Waals surface area contributed by atoms with Crippen LogP contribution in [0.25, 0.3) is 0 Å². The number of benzene rings is 1. The van der Waals surface area contributed by atoms with Crippen LogP contribution in [0, 0.1) is 0 Å². The van der Waals surface area contributed by atoms with Gasteiger partial charge in [0.15, 0.2) is 6.23 Å². The van der Waals surface area contributed by atoms with Gasteiger partial charge in [-0.3, -0.25) is 9.35 Å². The zero-order chi connectivity index (χ0) is 12.0. The second kappa shape index (κ2) is 6.37. The summed E-state index contributed by atoms with van der Waals surface area (Å²) in [4.78, 5) is 11.1. The number of ether oxygens (including phenoxy) is 1. The van der Waals surface area contributed by atoms with E-state index in [0.29, 0.717) is 5.56 Å². The summed E-state index contributed by atoms with van der Waals surface area (Å²) < 4.78 is 26.6. The number of rotatable bonds is 5. The molecule has 1 aromatic rings. The van der Waals surface area contributed by atoms with Gasteiger partial charge in [0.25, 0.3) is 0 Å². The summed E-state index contributed by atoms with van der Waals surface area (Å²) in [6.07, 6.45) is -0.692. The standard InChI is InChI=1S/C10H13NO4S/c1-2-9(12)15-10(11-16(13)14)8-6-4-3-5-7-8/h3-7,10-11H,2H2,1H3,(H,13,14). The van der Waals surface area contributed by atoms with Crippen LogP contribution in [-0.4, -0.2) is 14.7 Å². The number of hydrogen-bond acceptors (Lipinski definition) is 3. The Bertz CT molecular complexity index is 368. The SMILES string of the molecule is CCC(=O)OC(NS(=O)O)c1ccccc1. The lowest BCUT2D eigenvalue weighted by molar-refractivity contribution is -0.149. The van der Waals surface area contributed by atoms with Crippen LogP contribution < -0.4 is 4.72 Å². The minimum Gasteiger partial charge on any atom is -0.441 e. The molecule has 0 radical (unpaired) electrons. The molecule has 1 aromatic carbocycles. The molecule has 2 N–H and O–H groups in total. The van der Waals surface area contributed by atoms with Crippen molar-refractivity contribution >= 4 is 17.2 Å². The summed E-state index contributed by atoms with van der Waals surface area (Å²) in [5.74, 6) is -0.438. The highest BCUT2D eigenvalue weighted by molar-refractivity contribution is 7.77. The second-order valence-electron chi connectivity index (χ2n) is 3.00. The zero-order valence-corrected chi connectivity index (χ0v) is 9.57. The van der Waals surface area contributed by atoms with Gasteiger partial charge >= 0.3 is 5.97 Å². The van der Waals surface area contributed by atoms with Crippen LogP contribution >= 0.6 is 0 Å². The van der Waals surface area contributed by atoms with E-state index in [-0.39, 0.29) is 6.42 Å². The molecule has 88 valence electrons. The summed E-state index contributed by atoms with van der Waals surface area (Å²) in [6, 6.07) is 8.72. The number of hydrogen-bond donors (Lipinski definition) is 2. The van der Waals surface area contributed by atoms with Gasteiger partial charge in [-0.1, -0.05) is 37.3 Å². The Morgan fingerprint density at radius 1 is 1.50 bits per heavy atom. The fourth-order valence-corrected chi connectivity index (χ4v) is 1.46. The van der Waals surface area contributed by atoms with E-state index >= 15 is 0 Å². The molecule has 0 aliphatic rings. The van der Waals surface area contributed by atoms with Crippen molar-refractivity contribution in [2.24, 2.45) is 0 Å². The molecule has 2 atom stereocenters. The van der Waals surface area contributed by atoms with Gasteiger partial charge in [0.05, 0.1) is 0 Å². The molecule has 0 spiro atoms. The molecular weight excluding hydrogens is 230 g/mol. The fourth-order valence-electron chi connectivity index (χ4n) is 1.09. The minimum atomic E-state index is -2.24. The first-order valence-electron chi connectivity index (χ1n) is 4.75. The summed E-state index contributed by atoms with van der Waals surface area (Å²) in [6.45, 7) is 1.65. The Morgan fingerprint density at radius 2 is 2.12 bits per heavy atom. The molecule has 0 saturated carbocycles. The van der Waals surface area contributed by atoms with Gasteiger partial charge in [0.1, 0.15) is 0 Å². The van der Waals surface area contributed by atoms with E-state index in [0.717, 1.165) is 0 Å². The summed E-state index contributed by atoms with van der Waals surface area (Å²) in [7, 11) is 0. The van der Waals surface area contributed by atoms with E-state index in [1.165, 1.54) is 0 Å². The highest BCUT2D eigenvalue weighted by Crippen LogP contribution is 2.14. The first-order valence-corrected chi connectivity index (χ1v) is 5.85. The van der Waals surface area contributed by atoms with Gasteiger partial charge in [-0.2, -0.15) is 4.72 Å². The smallest absolute Gasteiger partial charge is 0.307 e. The van der Waals surface area contributed by atoms with Crippen LogP contribution in [0.4, 0.5) is 0 Å². The largest absolute Gasteiger partial charge is 0.441 e.